The van der Waals surface area contributed by atoms with Gasteiger partial charge in [0.15, 0.2) is 0 Å². The van der Waals surface area contributed by atoms with Gasteiger partial charge < -0.3 is 10.2 Å². The topological polar surface area (TPSA) is 49.4 Å². The summed E-state index contributed by atoms with van der Waals surface area (Å²) >= 11 is 7.55. The van der Waals surface area contributed by atoms with E-state index in [-0.39, 0.29) is 24.4 Å². The Labute approximate surface area is 135 Å². The van der Waals surface area contributed by atoms with Crippen molar-refractivity contribution in [2.24, 2.45) is 0 Å². The van der Waals surface area contributed by atoms with Gasteiger partial charge in [-0.05, 0) is 25.5 Å². The number of rotatable bonds is 7. The molecule has 0 fully saturated rings. The number of amides is 2. The number of carbonyl (C=O) groups is 2. The Kier molecular flexibility index (Phi) is 7.61. The SMILES string of the molecule is CC(C)NC(=O)CN(C)C(=O)CSCc1ccccc1Cl. The Morgan fingerprint density at radius 2 is 2.00 bits per heavy atom. The molecule has 0 saturated carbocycles. The van der Waals surface area contributed by atoms with Gasteiger partial charge in [0.2, 0.25) is 11.8 Å². The van der Waals surface area contributed by atoms with E-state index >= 15 is 0 Å². The zero-order chi connectivity index (χ0) is 15.8. The second-order valence-electron chi connectivity index (χ2n) is 5.06. The summed E-state index contributed by atoms with van der Waals surface area (Å²) in [5.74, 6) is 0.802. The summed E-state index contributed by atoms with van der Waals surface area (Å²) in [4.78, 5) is 25.0. The van der Waals surface area contributed by atoms with Gasteiger partial charge in [-0.1, -0.05) is 29.8 Å². The van der Waals surface area contributed by atoms with E-state index < -0.39 is 0 Å². The molecule has 0 saturated heterocycles. The molecule has 6 heteroatoms. The molecule has 21 heavy (non-hydrogen) atoms. The normalized spacial score (nSPS) is 10.5. The first-order chi connectivity index (χ1) is 9.90. The zero-order valence-electron chi connectivity index (χ0n) is 12.6. The van der Waals surface area contributed by atoms with Gasteiger partial charge in [-0.3, -0.25) is 9.59 Å². The van der Waals surface area contributed by atoms with Crippen LogP contribution in [0.15, 0.2) is 24.3 Å². The molecule has 1 aromatic carbocycles. The summed E-state index contributed by atoms with van der Waals surface area (Å²) in [6.07, 6.45) is 0. The average Bonchev–Trinajstić information content (AvgIpc) is 2.39. The Balaban J connectivity index is 2.33. The smallest absolute Gasteiger partial charge is 0.239 e. The van der Waals surface area contributed by atoms with Crippen molar-refractivity contribution in [1.82, 2.24) is 10.2 Å². The predicted octanol–water partition coefficient (Wildman–Crippen LogP) is 2.56. The molecule has 0 aliphatic heterocycles. The Hall–Kier alpha value is -1.20. The van der Waals surface area contributed by atoms with Crippen LogP contribution in [0.4, 0.5) is 0 Å². The third-order valence-electron chi connectivity index (χ3n) is 2.70. The van der Waals surface area contributed by atoms with Gasteiger partial charge in [0.1, 0.15) is 0 Å². The summed E-state index contributed by atoms with van der Waals surface area (Å²) in [6.45, 7) is 3.86. The minimum Gasteiger partial charge on any atom is -0.352 e. The van der Waals surface area contributed by atoms with Crippen LogP contribution in [0.3, 0.4) is 0 Å². The minimum absolute atomic E-state index is 0.0639. The number of carbonyl (C=O) groups excluding carboxylic acids is 2. The van der Waals surface area contributed by atoms with Crippen molar-refractivity contribution in [3.05, 3.63) is 34.9 Å². The van der Waals surface area contributed by atoms with E-state index in [4.69, 9.17) is 11.6 Å². The zero-order valence-corrected chi connectivity index (χ0v) is 14.1. The van der Waals surface area contributed by atoms with Crippen LogP contribution in [0.2, 0.25) is 5.02 Å². The second kappa shape index (κ2) is 8.95. The lowest BCUT2D eigenvalue weighted by Crippen LogP contribution is -2.41. The van der Waals surface area contributed by atoms with Gasteiger partial charge in [-0.15, -0.1) is 11.8 Å². The number of nitrogens with one attached hydrogen (secondary N) is 1. The van der Waals surface area contributed by atoms with Crippen molar-refractivity contribution in [2.75, 3.05) is 19.3 Å². The number of benzene rings is 1. The van der Waals surface area contributed by atoms with E-state index in [0.717, 1.165) is 5.56 Å². The molecule has 0 spiro atoms. The maximum atomic E-state index is 11.9. The van der Waals surface area contributed by atoms with Gasteiger partial charge >= 0.3 is 0 Å². The molecule has 0 bridgehead atoms. The highest BCUT2D eigenvalue weighted by molar-refractivity contribution is 7.99. The van der Waals surface area contributed by atoms with Crippen molar-refractivity contribution in [3.8, 4) is 0 Å². The average molecular weight is 329 g/mol. The summed E-state index contributed by atoms with van der Waals surface area (Å²) in [7, 11) is 1.64. The molecule has 116 valence electrons. The standard InChI is InChI=1S/C15H21ClN2O2S/c1-11(2)17-14(19)8-18(3)15(20)10-21-9-12-6-4-5-7-13(12)16/h4-7,11H,8-10H2,1-3H3,(H,17,19). The fourth-order valence-corrected chi connectivity index (χ4v) is 2.90. The molecule has 0 radical (unpaired) electrons. The van der Waals surface area contributed by atoms with Crippen LogP contribution in [0.5, 0.6) is 0 Å². The third-order valence-corrected chi connectivity index (χ3v) is 4.03. The monoisotopic (exact) mass is 328 g/mol. The molecular formula is C15H21ClN2O2S. The van der Waals surface area contributed by atoms with Crippen LogP contribution in [0, 0.1) is 0 Å². The highest BCUT2D eigenvalue weighted by Gasteiger charge is 2.13. The molecule has 1 aromatic rings. The first kappa shape index (κ1) is 17.9. The molecule has 0 heterocycles. The number of thioether (sulfide) groups is 1. The first-order valence-electron chi connectivity index (χ1n) is 6.74. The van der Waals surface area contributed by atoms with Crippen molar-refractivity contribution >= 4 is 35.2 Å². The van der Waals surface area contributed by atoms with E-state index in [1.54, 1.807) is 7.05 Å². The highest BCUT2D eigenvalue weighted by atomic mass is 35.5. The molecule has 2 amide bonds. The summed E-state index contributed by atoms with van der Waals surface area (Å²) in [5.41, 5.74) is 1.01. The molecule has 0 unspecified atom stereocenters. The van der Waals surface area contributed by atoms with Gasteiger partial charge in [0.05, 0.1) is 12.3 Å². The van der Waals surface area contributed by atoms with Crippen molar-refractivity contribution in [2.45, 2.75) is 25.6 Å². The van der Waals surface area contributed by atoms with Crippen LogP contribution in [0.25, 0.3) is 0 Å². The molecule has 0 aliphatic rings. The van der Waals surface area contributed by atoms with Crippen LogP contribution in [-0.2, 0) is 15.3 Å². The Morgan fingerprint density at radius 3 is 2.62 bits per heavy atom. The van der Waals surface area contributed by atoms with Crippen molar-refractivity contribution < 1.29 is 9.59 Å². The largest absolute Gasteiger partial charge is 0.352 e. The van der Waals surface area contributed by atoms with E-state index in [1.807, 2.05) is 38.1 Å². The maximum Gasteiger partial charge on any atom is 0.239 e. The van der Waals surface area contributed by atoms with Crippen LogP contribution < -0.4 is 5.32 Å². The first-order valence-corrected chi connectivity index (χ1v) is 8.28. The van der Waals surface area contributed by atoms with Gasteiger partial charge in [-0.2, -0.15) is 0 Å². The van der Waals surface area contributed by atoms with Gasteiger partial charge in [0.25, 0.3) is 0 Å². The van der Waals surface area contributed by atoms with Crippen LogP contribution >= 0.6 is 23.4 Å². The summed E-state index contributed by atoms with van der Waals surface area (Å²) < 4.78 is 0. The molecule has 4 nitrogen and oxygen atoms in total. The van der Waals surface area contributed by atoms with Crippen molar-refractivity contribution in [1.29, 1.82) is 0 Å². The fourth-order valence-electron chi connectivity index (χ4n) is 1.65. The van der Waals surface area contributed by atoms with E-state index in [1.165, 1.54) is 16.7 Å². The molecule has 1 N–H and O–H groups in total. The quantitative estimate of drug-likeness (QED) is 0.837. The summed E-state index contributed by atoms with van der Waals surface area (Å²) in [5, 5.41) is 3.47. The lowest BCUT2D eigenvalue weighted by molar-refractivity contribution is -0.132. The van der Waals surface area contributed by atoms with E-state index in [9.17, 15) is 9.59 Å². The van der Waals surface area contributed by atoms with Crippen molar-refractivity contribution in [3.63, 3.8) is 0 Å². The molecular weight excluding hydrogens is 308 g/mol. The molecule has 0 aliphatic carbocycles. The Morgan fingerprint density at radius 1 is 1.33 bits per heavy atom. The van der Waals surface area contributed by atoms with E-state index in [0.29, 0.717) is 16.5 Å². The molecule has 1 rings (SSSR count). The number of nitrogens with zero attached hydrogens (tertiary/aromatic N) is 1. The lowest BCUT2D eigenvalue weighted by atomic mass is 10.2. The highest BCUT2D eigenvalue weighted by Crippen LogP contribution is 2.20. The van der Waals surface area contributed by atoms with Gasteiger partial charge in [0, 0.05) is 23.9 Å². The molecule has 0 atom stereocenters. The number of likely N-dealkylation sites (N-methyl/N-ethyl adjacent to an activating group) is 1. The molecule has 0 aromatic heterocycles. The van der Waals surface area contributed by atoms with E-state index in [2.05, 4.69) is 5.32 Å². The Bertz CT molecular complexity index is 494. The fraction of sp³-hybridized carbons (Fsp3) is 0.467. The minimum atomic E-state index is -0.142. The number of hydrogen-bond acceptors (Lipinski definition) is 3. The number of halogens is 1. The second-order valence-corrected chi connectivity index (χ2v) is 6.45. The third kappa shape index (κ3) is 6.87. The maximum absolute atomic E-state index is 11.9. The lowest BCUT2D eigenvalue weighted by Gasteiger charge is -2.17. The summed E-state index contributed by atoms with van der Waals surface area (Å²) in [6, 6.07) is 7.66. The van der Waals surface area contributed by atoms with Crippen LogP contribution in [-0.4, -0.2) is 42.1 Å². The number of hydrogen-bond donors (Lipinski definition) is 1. The predicted molar refractivity (Wildman–Crippen MR) is 88.5 cm³/mol. The van der Waals surface area contributed by atoms with Crippen LogP contribution in [0.1, 0.15) is 19.4 Å². The van der Waals surface area contributed by atoms with Gasteiger partial charge in [-0.25, -0.2) is 0 Å².